The van der Waals surface area contributed by atoms with Crippen molar-refractivity contribution in [2.24, 2.45) is 0 Å². The summed E-state index contributed by atoms with van der Waals surface area (Å²) < 4.78 is 11.0. The third kappa shape index (κ3) is 5.29. The molecule has 3 nitrogen and oxygen atoms in total. The number of esters is 1. The molecule has 2 aromatic carbocycles. The fourth-order valence-corrected chi connectivity index (χ4v) is 2.32. The van der Waals surface area contributed by atoms with Crippen LogP contribution in [0.15, 0.2) is 42.5 Å². The molecule has 0 aromatic heterocycles. The van der Waals surface area contributed by atoms with Crippen LogP contribution in [-0.2, 0) is 17.6 Å². The van der Waals surface area contributed by atoms with Crippen molar-refractivity contribution in [2.45, 2.75) is 33.1 Å². The zero-order valence-electron chi connectivity index (χ0n) is 13.5. The third-order valence-corrected chi connectivity index (χ3v) is 3.72. The highest BCUT2D eigenvalue weighted by molar-refractivity contribution is 6.30. The molecule has 0 saturated heterocycles. The Bertz CT molecular complexity index is 650. The Kier molecular flexibility index (Phi) is 6.48. The normalized spacial score (nSPS) is 10.4. The number of aryl methyl sites for hydroxylation is 2. The van der Waals surface area contributed by atoms with Gasteiger partial charge in [-0.15, -0.1) is 0 Å². The summed E-state index contributed by atoms with van der Waals surface area (Å²) in [6.07, 6.45) is 1.83. The van der Waals surface area contributed by atoms with E-state index in [2.05, 4.69) is 6.92 Å². The molecule has 0 unspecified atom stereocenters. The molecule has 0 amide bonds. The lowest BCUT2D eigenvalue weighted by Gasteiger charge is -2.12. The standard InChI is InChI=1S/C19H21ClO3/c1-3-14-7-11-17(18(13-14)22-4-2)23-19(21)12-8-15-5-9-16(20)10-6-15/h5-7,9-11,13H,3-4,8,12H2,1-2H3. The first-order valence-electron chi connectivity index (χ1n) is 7.83. The summed E-state index contributed by atoms with van der Waals surface area (Å²) in [5.41, 5.74) is 2.20. The molecule has 2 rings (SSSR count). The van der Waals surface area contributed by atoms with E-state index in [4.69, 9.17) is 21.1 Å². The van der Waals surface area contributed by atoms with Crippen LogP contribution in [0.4, 0.5) is 0 Å². The maximum Gasteiger partial charge on any atom is 0.311 e. The quantitative estimate of drug-likeness (QED) is 0.537. The van der Waals surface area contributed by atoms with Gasteiger partial charge in [0.25, 0.3) is 0 Å². The van der Waals surface area contributed by atoms with Gasteiger partial charge >= 0.3 is 5.97 Å². The lowest BCUT2D eigenvalue weighted by Crippen LogP contribution is -2.10. The Balaban J connectivity index is 1.97. The number of carbonyl (C=O) groups is 1. The number of hydrogen-bond acceptors (Lipinski definition) is 3. The molecule has 0 heterocycles. The molecule has 0 fully saturated rings. The monoisotopic (exact) mass is 332 g/mol. The van der Waals surface area contributed by atoms with Gasteiger partial charge in [-0.3, -0.25) is 4.79 Å². The molecule has 2 aromatic rings. The smallest absolute Gasteiger partial charge is 0.311 e. The molecule has 0 aliphatic heterocycles. The minimum Gasteiger partial charge on any atom is -0.490 e. The van der Waals surface area contributed by atoms with Crippen LogP contribution in [0, 0.1) is 0 Å². The van der Waals surface area contributed by atoms with Crippen LogP contribution in [0.1, 0.15) is 31.4 Å². The summed E-state index contributed by atoms with van der Waals surface area (Å²) in [6.45, 7) is 4.51. The van der Waals surface area contributed by atoms with Crippen molar-refractivity contribution in [3.05, 3.63) is 58.6 Å². The predicted molar refractivity (Wildman–Crippen MR) is 92.4 cm³/mol. The largest absolute Gasteiger partial charge is 0.490 e. The predicted octanol–water partition coefficient (Wildman–Crippen LogP) is 4.84. The Labute approximate surface area is 142 Å². The summed E-state index contributed by atoms with van der Waals surface area (Å²) in [5.74, 6) is 0.821. The maximum atomic E-state index is 12.1. The van der Waals surface area contributed by atoms with E-state index in [-0.39, 0.29) is 5.97 Å². The number of carbonyl (C=O) groups excluding carboxylic acids is 1. The Hall–Kier alpha value is -2.00. The third-order valence-electron chi connectivity index (χ3n) is 3.47. The second-order valence-electron chi connectivity index (χ2n) is 5.17. The minimum absolute atomic E-state index is 0.273. The summed E-state index contributed by atoms with van der Waals surface area (Å²) in [4.78, 5) is 12.1. The maximum absolute atomic E-state index is 12.1. The Morgan fingerprint density at radius 1 is 1.00 bits per heavy atom. The van der Waals surface area contributed by atoms with Crippen LogP contribution >= 0.6 is 11.6 Å². The number of halogens is 1. The van der Waals surface area contributed by atoms with Crippen molar-refractivity contribution in [1.82, 2.24) is 0 Å². The van der Waals surface area contributed by atoms with Gasteiger partial charge < -0.3 is 9.47 Å². The zero-order chi connectivity index (χ0) is 16.7. The van der Waals surface area contributed by atoms with Gasteiger partial charge in [-0.25, -0.2) is 0 Å². The first-order valence-corrected chi connectivity index (χ1v) is 8.21. The van der Waals surface area contributed by atoms with Crippen LogP contribution < -0.4 is 9.47 Å². The molecule has 0 saturated carbocycles. The van der Waals surface area contributed by atoms with Gasteiger partial charge in [-0.05, 0) is 55.2 Å². The molecule has 0 spiro atoms. The van der Waals surface area contributed by atoms with E-state index in [1.807, 2.05) is 43.3 Å². The van der Waals surface area contributed by atoms with Crippen molar-refractivity contribution in [3.63, 3.8) is 0 Å². The van der Waals surface area contributed by atoms with Crippen molar-refractivity contribution >= 4 is 17.6 Å². The molecule has 23 heavy (non-hydrogen) atoms. The molecule has 0 aliphatic carbocycles. The molecule has 0 aliphatic rings. The highest BCUT2D eigenvalue weighted by Gasteiger charge is 2.11. The number of benzene rings is 2. The lowest BCUT2D eigenvalue weighted by molar-refractivity contribution is -0.134. The SMILES string of the molecule is CCOc1cc(CC)ccc1OC(=O)CCc1ccc(Cl)cc1. The molecule has 0 radical (unpaired) electrons. The topological polar surface area (TPSA) is 35.5 Å². The van der Waals surface area contributed by atoms with E-state index >= 15 is 0 Å². The highest BCUT2D eigenvalue weighted by atomic mass is 35.5. The van der Waals surface area contributed by atoms with E-state index in [1.54, 1.807) is 6.07 Å². The molecule has 0 N–H and O–H groups in total. The van der Waals surface area contributed by atoms with Gasteiger partial charge in [0.2, 0.25) is 0 Å². The highest BCUT2D eigenvalue weighted by Crippen LogP contribution is 2.29. The number of hydrogen-bond donors (Lipinski definition) is 0. The van der Waals surface area contributed by atoms with Gasteiger partial charge in [0.1, 0.15) is 0 Å². The van der Waals surface area contributed by atoms with E-state index in [9.17, 15) is 4.79 Å². The average Bonchev–Trinajstić information content (AvgIpc) is 2.56. The van der Waals surface area contributed by atoms with E-state index in [0.29, 0.717) is 36.0 Å². The van der Waals surface area contributed by atoms with Crippen molar-refractivity contribution < 1.29 is 14.3 Å². The first-order chi connectivity index (χ1) is 11.1. The summed E-state index contributed by atoms with van der Waals surface area (Å²) >= 11 is 5.85. The minimum atomic E-state index is -0.273. The molecule has 4 heteroatoms. The van der Waals surface area contributed by atoms with Gasteiger partial charge in [0, 0.05) is 11.4 Å². The van der Waals surface area contributed by atoms with Gasteiger partial charge in [-0.1, -0.05) is 36.7 Å². The average molecular weight is 333 g/mol. The van der Waals surface area contributed by atoms with Gasteiger partial charge in [0.15, 0.2) is 11.5 Å². The summed E-state index contributed by atoms with van der Waals surface area (Å²) in [7, 11) is 0. The fraction of sp³-hybridized carbons (Fsp3) is 0.316. The second kappa shape index (κ2) is 8.59. The number of rotatable bonds is 7. The van der Waals surface area contributed by atoms with E-state index in [0.717, 1.165) is 17.5 Å². The second-order valence-corrected chi connectivity index (χ2v) is 5.60. The number of ether oxygens (including phenoxy) is 2. The zero-order valence-corrected chi connectivity index (χ0v) is 14.2. The Morgan fingerprint density at radius 2 is 1.70 bits per heavy atom. The van der Waals surface area contributed by atoms with E-state index in [1.165, 1.54) is 0 Å². The van der Waals surface area contributed by atoms with Crippen LogP contribution in [0.5, 0.6) is 11.5 Å². The molecule has 0 bridgehead atoms. The lowest BCUT2D eigenvalue weighted by atomic mass is 10.1. The molecular weight excluding hydrogens is 312 g/mol. The van der Waals surface area contributed by atoms with Crippen LogP contribution in [0.3, 0.4) is 0 Å². The van der Waals surface area contributed by atoms with Gasteiger partial charge in [-0.2, -0.15) is 0 Å². The molecular formula is C19H21ClO3. The van der Waals surface area contributed by atoms with Crippen LogP contribution in [0.2, 0.25) is 5.02 Å². The Morgan fingerprint density at radius 3 is 2.35 bits per heavy atom. The van der Waals surface area contributed by atoms with Crippen LogP contribution in [-0.4, -0.2) is 12.6 Å². The van der Waals surface area contributed by atoms with E-state index < -0.39 is 0 Å². The van der Waals surface area contributed by atoms with Crippen molar-refractivity contribution in [2.75, 3.05) is 6.61 Å². The van der Waals surface area contributed by atoms with Crippen molar-refractivity contribution in [3.8, 4) is 11.5 Å². The summed E-state index contributed by atoms with van der Waals surface area (Å²) in [5, 5.41) is 0.689. The molecule has 122 valence electrons. The fourth-order valence-electron chi connectivity index (χ4n) is 2.20. The van der Waals surface area contributed by atoms with Gasteiger partial charge in [0.05, 0.1) is 6.61 Å². The van der Waals surface area contributed by atoms with Crippen LogP contribution in [0.25, 0.3) is 0 Å². The van der Waals surface area contributed by atoms with Crippen molar-refractivity contribution in [1.29, 1.82) is 0 Å². The molecule has 0 atom stereocenters. The first kappa shape index (κ1) is 17.4. The summed E-state index contributed by atoms with van der Waals surface area (Å²) in [6, 6.07) is 13.1.